The van der Waals surface area contributed by atoms with Gasteiger partial charge in [0, 0.05) is 41.9 Å². The number of aromatic nitrogens is 3. The van der Waals surface area contributed by atoms with Crippen molar-refractivity contribution in [3.8, 4) is 11.5 Å². The van der Waals surface area contributed by atoms with E-state index in [0.717, 1.165) is 27.8 Å². The number of rotatable bonds is 17. The molecule has 3 heterocycles. The Hall–Kier alpha value is -5.86. The Morgan fingerprint density at radius 1 is 0.862 bits per heavy atom. The molecule has 0 saturated carbocycles. The zero-order valence-electron chi connectivity index (χ0n) is 32.1. The summed E-state index contributed by atoms with van der Waals surface area (Å²) in [5.41, 5.74) is 5.27. The molecule has 2 aromatic heterocycles. The van der Waals surface area contributed by atoms with Crippen LogP contribution in [0.15, 0.2) is 149 Å². The third-order valence-electron chi connectivity index (χ3n) is 9.94. The number of pyridine rings is 1. The van der Waals surface area contributed by atoms with Gasteiger partial charge in [0.05, 0.1) is 38.6 Å². The van der Waals surface area contributed by atoms with Crippen molar-refractivity contribution in [3.05, 3.63) is 162 Å². The molecule has 13 heteroatoms. The van der Waals surface area contributed by atoms with Crippen LogP contribution in [0.5, 0.6) is 0 Å². The van der Waals surface area contributed by atoms with Crippen molar-refractivity contribution in [1.82, 2.24) is 25.8 Å². The number of hydrogen-bond donors (Lipinski definition) is 3. The highest BCUT2D eigenvalue weighted by atomic mass is 32.2. The van der Waals surface area contributed by atoms with Gasteiger partial charge >= 0.3 is 6.09 Å². The van der Waals surface area contributed by atoms with E-state index in [2.05, 4.69) is 31.1 Å². The van der Waals surface area contributed by atoms with Gasteiger partial charge in [-0.2, -0.15) is 0 Å². The van der Waals surface area contributed by atoms with Gasteiger partial charge in [-0.3, -0.25) is 9.78 Å². The highest BCUT2D eigenvalue weighted by Gasteiger charge is 2.34. The number of nitrogens with zero attached hydrogens (tertiary/aromatic N) is 3. The van der Waals surface area contributed by atoms with E-state index in [-0.39, 0.29) is 24.2 Å². The van der Waals surface area contributed by atoms with Gasteiger partial charge in [0.25, 0.3) is 5.22 Å². The summed E-state index contributed by atoms with van der Waals surface area (Å²) >= 11 is 1.45. The maximum absolute atomic E-state index is 14.3. The van der Waals surface area contributed by atoms with Crippen LogP contribution < -0.4 is 16.0 Å². The highest BCUT2D eigenvalue weighted by Crippen LogP contribution is 2.31. The van der Waals surface area contributed by atoms with Gasteiger partial charge in [0.2, 0.25) is 11.8 Å². The number of methoxy groups -OCH3 is 1. The molecule has 58 heavy (non-hydrogen) atoms. The van der Waals surface area contributed by atoms with E-state index in [1.807, 2.05) is 127 Å². The van der Waals surface area contributed by atoms with E-state index in [0.29, 0.717) is 55.2 Å². The molecular formula is C45H46N6O6S. The van der Waals surface area contributed by atoms with Gasteiger partial charge in [0.15, 0.2) is 0 Å². The first-order valence-corrected chi connectivity index (χ1v) is 20.2. The van der Waals surface area contributed by atoms with Crippen LogP contribution in [-0.4, -0.2) is 77.5 Å². The quantitative estimate of drug-likeness (QED) is 0.0799. The molecule has 0 aliphatic carbocycles. The van der Waals surface area contributed by atoms with Crippen LogP contribution >= 0.6 is 11.8 Å². The summed E-state index contributed by atoms with van der Waals surface area (Å²) in [5, 5.41) is 18.6. The molecule has 4 unspecified atom stereocenters. The van der Waals surface area contributed by atoms with E-state index in [1.54, 1.807) is 12.4 Å². The average Bonchev–Trinajstić information content (AvgIpc) is 3.76. The van der Waals surface area contributed by atoms with Crippen LogP contribution in [0.2, 0.25) is 0 Å². The van der Waals surface area contributed by atoms with Crippen LogP contribution in [0, 0.1) is 0 Å². The van der Waals surface area contributed by atoms with Gasteiger partial charge in [-0.15, -0.1) is 10.2 Å². The number of carbonyl (C=O) groups is 2. The monoisotopic (exact) mass is 798 g/mol. The average molecular weight is 799 g/mol. The van der Waals surface area contributed by atoms with Gasteiger partial charge < -0.3 is 34.6 Å². The molecule has 4 aromatic carbocycles. The Morgan fingerprint density at radius 3 is 2.24 bits per heavy atom. The summed E-state index contributed by atoms with van der Waals surface area (Å²) in [6, 6.07) is 39.8. The number of morpholine rings is 1. The molecule has 0 radical (unpaired) electrons. The van der Waals surface area contributed by atoms with Crippen molar-refractivity contribution in [3.63, 3.8) is 0 Å². The number of ether oxygens (including phenoxy) is 3. The molecule has 3 N–H and O–H groups in total. The van der Waals surface area contributed by atoms with E-state index in [1.165, 1.54) is 18.9 Å². The fourth-order valence-corrected chi connectivity index (χ4v) is 7.83. The minimum atomic E-state index is -0.977. The number of nitrogens with one attached hydrogen (secondary N) is 3. The minimum Gasteiger partial charge on any atom is -0.453 e. The summed E-state index contributed by atoms with van der Waals surface area (Å²) in [4.78, 5) is 31.0. The van der Waals surface area contributed by atoms with Crippen molar-refractivity contribution < 1.29 is 28.2 Å². The topological polar surface area (TPSA) is 150 Å². The first kappa shape index (κ1) is 40.3. The number of thioether (sulfide) groups is 1. The van der Waals surface area contributed by atoms with Crippen LogP contribution in [0.3, 0.4) is 0 Å². The zero-order chi connectivity index (χ0) is 39.9. The van der Waals surface area contributed by atoms with Crippen LogP contribution in [-0.2, 0) is 32.0 Å². The molecule has 4 atom stereocenters. The highest BCUT2D eigenvalue weighted by molar-refractivity contribution is 7.99. The van der Waals surface area contributed by atoms with Crippen molar-refractivity contribution >= 4 is 29.4 Å². The lowest BCUT2D eigenvalue weighted by Crippen LogP contribution is -2.55. The molecule has 1 fully saturated rings. The molecular weight excluding hydrogens is 753 g/mol. The second-order valence-corrected chi connectivity index (χ2v) is 14.8. The van der Waals surface area contributed by atoms with Gasteiger partial charge in [0.1, 0.15) is 6.04 Å². The molecule has 0 spiro atoms. The fraction of sp³-hybridized carbons (Fsp3) is 0.267. The fourth-order valence-electron chi connectivity index (χ4n) is 6.98. The Balaban J connectivity index is 1.03. The third kappa shape index (κ3) is 11.0. The summed E-state index contributed by atoms with van der Waals surface area (Å²) in [7, 11) is 1.29. The summed E-state index contributed by atoms with van der Waals surface area (Å²) in [5.74, 6) is 0.146. The second-order valence-electron chi connectivity index (χ2n) is 13.8. The molecule has 298 valence electrons. The molecule has 1 saturated heterocycles. The largest absolute Gasteiger partial charge is 0.453 e. The first-order chi connectivity index (χ1) is 28.5. The van der Waals surface area contributed by atoms with Gasteiger partial charge in [-0.1, -0.05) is 121 Å². The molecule has 1 aliphatic heterocycles. The minimum absolute atomic E-state index is 0.0666. The van der Waals surface area contributed by atoms with Crippen LogP contribution in [0.1, 0.15) is 34.6 Å². The van der Waals surface area contributed by atoms with E-state index < -0.39 is 18.1 Å². The molecule has 0 bridgehead atoms. The van der Waals surface area contributed by atoms with Crippen molar-refractivity contribution in [2.45, 2.75) is 54.9 Å². The Morgan fingerprint density at radius 2 is 1.53 bits per heavy atom. The summed E-state index contributed by atoms with van der Waals surface area (Å²) in [6.07, 6.45) is 3.66. The lowest BCUT2D eigenvalue weighted by atomic mass is 9.84. The first-order valence-electron chi connectivity index (χ1n) is 19.2. The predicted octanol–water partition coefficient (Wildman–Crippen LogP) is 7.29. The van der Waals surface area contributed by atoms with Gasteiger partial charge in [-0.25, -0.2) is 4.79 Å². The summed E-state index contributed by atoms with van der Waals surface area (Å²) in [6.45, 7) is 1.58. The molecule has 7 rings (SSSR count). The van der Waals surface area contributed by atoms with E-state index >= 15 is 0 Å². The normalized spacial score (nSPS) is 17.0. The maximum Gasteiger partial charge on any atom is 0.407 e. The van der Waals surface area contributed by atoms with Crippen molar-refractivity contribution in [2.24, 2.45) is 0 Å². The Bertz CT molecular complexity index is 2140. The second kappa shape index (κ2) is 20.5. The number of para-hydroxylation sites is 1. The number of hydrogen-bond acceptors (Lipinski definition) is 11. The van der Waals surface area contributed by atoms with Crippen molar-refractivity contribution in [2.75, 3.05) is 31.3 Å². The zero-order valence-corrected chi connectivity index (χ0v) is 32.9. The Labute approximate surface area is 342 Å². The third-order valence-corrected chi connectivity index (χ3v) is 10.8. The molecule has 1 aliphatic rings. The predicted molar refractivity (Wildman–Crippen MR) is 222 cm³/mol. The number of aryl methyl sites for hydroxylation is 1. The lowest BCUT2D eigenvalue weighted by molar-refractivity contribution is -0.118. The maximum atomic E-state index is 14.3. The van der Waals surface area contributed by atoms with Gasteiger partial charge in [-0.05, 0) is 53.3 Å². The number of anilines is 1. The molecule has 6 aromatic rings. The Kier molecular flexibility index (Phi) is 14.3. The smallest absolute Gasteiger partial charge is 0.407 e. The van der Waals surface area contributed by atoms with Crippen LogP contribution in [0.25, 0.3) is 11.5 Å². The number of alkyl carbamates (subject to hydrolysis) is 1. The lowest BCUT2D eigenvalue weighted by Gasteiger charge is -2.37. The van der Waals surface area contributed by atoms with Crippen LogP contribution in [0.4, 0.5) is 10.5 Å². The van der Waals surface area contributed by atoms with E-state index in [9.17, 15) is 9.59 Å². The SMILES string of the molecule is COC(=O)NC(C(=O)Nc1ccccc1CCC1CNC(COCc2ccccc2)C(CSc2nnc(-c3ccncc3)o2)O1)C(c1ccccc1)c1ccccc1. The molecule has 12 nitrogen and oxygen atoms in total. The summed E-state index contributed by atoms with van der Waals surface area (Å²) < 4.78 is 23.9. The number of amides is 2. The van der Waals surface area contributed by atoms with E-state index in [4.69, 9.17) is 18.6 Å². The molecule has 2 amide bonds. The number of carbonyl (C=O) groups excluding carboxylic acids is 2. The number of benzene rings is 4. The standard InChI is InChI=1S/C45H46N6O6S/c1-54-44(53)49-41(40(33-16-7-3-8-17-33)34-18-9-4-10-19-34)42(52)48-37-20-12-11-15-32(37)21-22-36-27-47-38(29-55-28-31-13-5-2-6-14-31)39(56-36)30-58-45-51-50-43(57-45)35-23-25-46-26-24-35/h2-20,23-26,36,38-41,47H,21-22,27-30H2,1H3,(H,48,52)(H,49,53). The van der Waals surface area contributed by atoms with Crippen molar-refractivity contribution in [1.29, 1.82) is 0 Å².